The van der Waals surface area contributed by atoms with Crippen LogP contribution in [0, 0.1) is 0 Å². The highest BCUT2D eigenvalue weighted by molar-refractivity contribution is 7.07. The number of allylic oxidation sites excluding steroid dienone is 1. The van der Waals surface area contributed by atoms with E-state index in [1.807, 2.05) is 13.0 Å². The van der Waals surface area contributed by atoms with Crippen LogP contribution in [0.1, 0.15) is 31.0 Å². The zero-order valence-electron chi connectivity index (χ0n) is 20.5. The molecule has 1 aliphatic heterocycles. The molecule has 10 heteroatoms. The van der Waals surface area contributed by atoms with Gasteiger partial charge in [0.05, 0.1) is 43.7 Å². The Balaban J connectivity index is 1.96. The SMILES string of the molecule is CCOc1ccc(/C=c2\sc3n(c2=O)[C@@H](c2cc(Cl)ccc2OC)C(C(=O)OC)=C(C)N=3)cc1OC. The topological polar surface area (TPSA) is 88.4 Å². The lowest BCUT2D eigenvalue weighted by molar-refractivity contribution is -0.136. The predicted molar refractivity (Wildman–Crippen MR) is 138 cm³/mol. The Morgan fingerprint density at radius 2 is 1.83 bits per heavy atom. The number of halogens is 1. The molecule has 8 nitrogen and oxygen atoms in total. The van der Waals surface area contributed by atoms with E-state index in [1.54, 1.807) is 50.4 Å². The number of carbonyl (C=O) groups excluding carboxylic acids is 1. The van der Waals surface area contributed by atoms with Gasteiger partial charge in [-0.2, -0.15) is 0 Å². The van der Waals surface area contributed by atoms with Crippen molar-refractivity contribution in [2.75, 3.05) is 27.9 Å². The first-order valence-electron chi connectivity index (χ1n) is 11.1. The number of methoxy groups -OCH3 is 3. The summed E-state index contributed by atoms with van der Waals surface area (Å²) in [6.45, 7) is 4.11. The molecule has 0 unspecified atom stereocenters. The number of carbonyl (C=O) groups is 1. The Labute approximate surface area is 216 Å². The van der Waals surface area contributed by atoms with Crippen LogP contribution in [0.5, 0.6) is 17.2 Å². The molecular weight excluding hydrogens is 504 g/mol. The lowest BCUT2D eigenvalue weighted by atomic mass is 9.95. The lowest BCUT2D eigenvalue weighted by Crippen LogP contribution is -2.40. The number of thiazole rings is 1. The summed E-state index contributed by atoms with van der Waals surface area (Å²) in [4.78, 5) is 31.6. The van der Waals surface area contributed by atoms with Gasteiger partial charge in [-0.3, -0.25) is 9.36 Å². The van der Waals surface area contributed by atoms with E-state index in [4.69, 9.17) is 30.5 Å². The zero-order valence-corrected chi connectivity index (χ0v) is 22.0. The first kappa shape index (κ1) is 25.5. The van der Waals surface area contributed by atoms with Crippen LogP contribution in [-0.2, 0) is 9.53 Å². The molecule has 0 aliphatic carbocycles. The summed E-state index contributed by atoms with van der Waals surface area (Å²) in [5.41, 5.74) is 1.67. The number of aromatic nitrogens is 1. The Kier molecular flexibility index (Phi) is 7.51. The molecule has 0 N–H and O–H groups in total. The monoisotopic (exact) mass is 528 g/mol. The first-order chi connectivity index (χ1) is 17.3. The van der Waals surface area contributed by atoms with Crippen LogP contribution in [0.2, 0.25) is 5.02 Å². The van der Waals surface area contributed by atoms with E-state index in [0.29, 0.717) is 49.5 Å². The molecule has 3 aromatic rings. The maximum Gasteiger partial charge on any atom is 0.338 e. The number of ether oxygens (including phenoxy) is 4. The van der Waals surface area contributed by atoms with E-state index in [1.165, 1.54) is 30.1 Å². The fourth-order valence-electron chi connectivity index (χ4n) is 4.11. The van der Waals surface area contributed by atoms with Crippen LogP contribution in [0.25, 0.3) is 6.08 Å². The molecule has 2 aromatic carbocycles. The molecule has 0 fully saturated rings. The van der Waals surface area contributed by atoms with Crippen molar-refractivity contribution < 1.29 is 23.7 Å². The van der Waals surface area contributed by atoms with Gasteiger partial charge in [-0.1, -0.05) is 29.0 Å². The molecule has 0 bridgehead atoms. The van der Waals surface area contributed by atoms with Crippen molar-refractivity contribution in [3.05, 3.63) is 83.5 Å². The smallest absolute Gasteiger partial charge is 0.338 e. The fourth-order valence-corrected chi connectivity index (χ4v) is 5.33. The average Bonchev–Trinajstić information content (AvgIpc) is 3.17. The van der Waals surface area contributed by atoms with Crippen LogP contribution in [-0.4, -0.2) is 38.5 Å². The summed E-state index contributed by atoms with van der Waals surface area (Å²) in [7, 11) is 4.37. The third kappa shape index (κ3) is 4.64. The van der Waals surface area contributed by atoms with E-state index >= 15 is 0 Å². The Bertz CT molecular complexity index is 1540. The van der Waals surface area contributed by atoms with E-state index in [2.05, 4.69) is 4.99 Å². The molecule has 2 heterocycles. The maximum absolute atomic E-state index is 13.8. The van der Waals surface area contributed by atoms with Crippen molar-refractivity contribution in [3.63, 3.8) is 0 Å². The summed E-state index contributed by atoms with van der Waals surface area (Å²) in [5, 5.41) is 0.438. The molecule has 4 rings (SSSR count). The fraction of sp³-hybridized carbons (Fsp3) is 0.269. The van der Waals surface area contributed by atoms with E-state index in [-0.39, 0.29) is 11.1 Å². The number of rotatable bonds is 7. The van der Waals surface area contributed by atoms with E-state index < -0.39 is 12.0 Å². The third-order valence-corrected chi connectivity index (χ3v) is 6.92. The van der Waals surface area contributed by atoms with Crippen molar-refractivity contribution in [1.29, 1.82) is 0 Å². The number of nitrogens with zero attached hydrogens (tertiary/aromatic N) is 2. The van der Waals surface area contributed by atoms with Gasteiger partial charge in [-0.05, 0) is 55.8 Å². The van der Waals surface area contributed by atoms with Crippen LogP contribution in [0.15, 0.2) is 57.5 Å². The van der Waals surface area contributed by atoms with Crippen molar-refractivity contribution in [2.24, 2.45) is 4.99 Å². The average molecular weight is 529 g/mol. The molecule has 0 spiro atoms. The first-order valence-corrected chi connectivity index (χ1v) is 12.3. The molecule has 0 radical (unpaired) electrons. The molecule has 1 aliphatic rings. The largest absolute Gasteiger partial charge is 0.496 e. The van der Waals surface area contributed by atoms with Crippen LogP contribution < -0.4 is 29.1 Å². The van der Waals surface area contributed by atoms with Gasteiger partial charge >= 0.3 is 5.97 Å². The minimum absolute atomic E-state index is 0.236. The van der Waals surface area contributed by atoms with Crippen molar-refractivity contribution in [3.8, 4) is 17.2 Å². The predicted octanol–water partition coefficient (Wildman–Crippen LogP) is 3.48. The second-order valence-corrected chi connectivity index (χ2v) is 9.25. The normalized spacial score (nSPS) is 15.3. The summed E-state index contributed by atoms with van der Waals surface area (Å²) in [5.74, 6) is 1.06. The summed E-state index contributed by atoms with van der Waals surface area (Å²) < 4.78 is 23.5. The number of benzene rings is 2. The molecule has 1 aromatic heterocycles. The Hall–Kier alpha value is -3.56. The second kappa shape index (κ2) is 10.6. The summed E-state index contributed by atoms with van der Waals surface area (Å²) in [6, 6.07) is 9.66. The molecule has 1 atom stereocenters. The van der Waals surface area contributed by atoms with Gasteiger partial charge in [-0.15, -0.1) is 0 Å². The number of fused-ring (bicyclic) bond motifs is 1. The molecular formula is C26H25ClN2O6S. The van der Waals surface area contributed by atoms with Crippen LogP contribution >= 0.6 is 22.9 Å². The standard InChI is InChI=1S/C26H25ClN2O6S/c1-6-35-19-9-7-15(11-20(19)33-4)12-21-24(30)29-23(17-13-16(27)8-10-18(17)32-3)22(25(31)34-5)14(2)28-26(29)36-21/h7-13,23H,6H2,1-5H3/b21-12-/t23-/m0/s1. The molecule has 36 heavy (non-hydrogen) atoms. The van der Waals surface area contributed by atoms with Gasteiger partial charge in [0.15, 0.2) is 16.3 Å². The highest BCUT2D eigenvalue weighted by Crippen LogP contribution is 2.37. The van der Waals surface area contributed by atoms with Gasteiger partial charge in [0, 0.05) is 10.6 Å². The van der Waals surface area contributed by atoms with Gasteiger partial charge in [0.25, 0.3) is 5.56 Å². The Morgan fingerprint density at radius 1 is 1.11 bits per heavy atom. The molecule has 0 saturated heterocycles. The minimum atomic E-state index is -0.834. The van der Waals surface area contributed by atoms with Crippen molar-refractivity contribution in [2.45, 2.75) is 19.9 Å². The second-order valence-electron chi connectivity index (χ2n) is 7.80. The van der Waals surface area contributed by atoms with Crippen molar-refractivity contribution >= 4 is 35.0 Å². The Morgan fingerprint density at radius 3 is 2.50 bits per heavy atom. The maximum atomic E-state index is 13.8. The van der Waals surface area contributed by atoms with E-state index in [9.17, 15) is 9.59 Å². The number of hydrogen-bond acceptors (Lipinski definition) is 8. The highest BCUT2D eigenvalue weighted by atomic mass is 35.5. The van der Waals surface area contributed by atoms with Gasteiger partial charge in [0.1, 0.15) is 11.8 Å². The van der Waals surface area contributed by atoms with Crippen LogP contribution in [0.3, 0.4) is 0 Å². The van der Waals surface area contributed by atoms with Gasteiger partial charge < -0.3 is 18.9 Å². The van der Waals surface area contributed by atoms with E-state index in [0.717, 1.165) is 5.56 Å². The summed E-state index contributed by atoms with van der Waals surface area (Å²) >= 11 is 7.53. The van der Waals surface area contributed by atoms with Gasteiger partial charge in [0.2, 0.25) is 0 Å². The molecule has 0 saturated carbocycles. The number of esters is 1. The third-order valence-electron chi connectivity index (χ3n) is 5.70. The van der Waals surface area contributed by atoms with Gasteiger partial charge in [-0.25, -0.2) is 9.79 Å². The van der Waals surface area contributed by atoms with Crippen molar-refractivity contribution in [1.82, 2.24) is 4.57 Å². The zero-order chi connectivity index (χ0) is 26.0. The quantitative estimate of drug-likeness (QED) is 0.436. The molecule has 188 valence electrons. The van der Waals surface area contributed by atoms with Crippen LogP contribution in [0.4, 0.5) is 0 Å². The lowest BCUT2D eigenvalue weighted by Gasteiger charge is -2.25. The summed E-state index contributed by atoms with van der Waals surface area (Å²) in [6.07, 6.45) is 1.76. The highest BCUT2D eigenvalue weighted by Gasteiger charge is 2.35. The number of hydrogen-bond donors (Lipinski definition) is 0. The minimum Gasteiger partial charge on any atom is -0.496 e. The molecule has 0 amide bonds.